The minimum absolute atomic E-state index is 0.0869. The number of aryl methyl sites for hydroxylation is 1. The molecule has 1 saturated carbocycles. The van der Waals surface area contributed by atoms with Crippen LogP contribution >= 0.6 is 0 Å². The summed E-state index contributed by atoms with van der Waals surface area (Å²) in [6, 6.07) is 4.06. The molecule has 1 aliphatic rings. The first-order chi connectivity index (χ1) is 10.2. The monoisotopic (exact) mass is 293 g/mol. The van der Waals surface area contributed by atoms with Crippen molar-refractivity contribution in [2.75, 3.05) is 26.3 Å². The Morgan fingerprint density at radius 3 is 2.90 bits per heavy atom. The molecule has 0 radical (unpaired) electrons. The van der Waals surface area contributed by atoms with Gasteiger partial charge in [-0.25, -0.2) is 0 Å². The van der Waals surface area contributed by atoms with Crippen LogP contribution in [-0.2, 0) is 4.74 Å². The molecule has 5 nitrogen and oxygen atoms in total. The fourth-order valence-corrected chi connectivity index (χ4v) is 2.04. The van der Waals surface area contributed by atoms with Gasteiger partial charge in [0.05, 0.1) is 19.2 Å². The van der Waals surface area contributed by atoms with Crippen LogP contribution in [0, 0.1) is 12.8 Å². The number of hydrogen-bond acceptors (Lipinski definition) is 3. The van der Waals surface area contributed by atoms with Crippen LogP contribution in [0.2, 0.25) is 0 Å². The summed E-state index contributed by atoms with van der Waals surface area (Å²) in [5, 5.41) is 6.59. The Balaban J connectivity index is 1.76. The summed E-state index contributed by atoms with van der Waals surface area (Å²) in [4.78, 5) is 4.53. The van der Waals surface area contributed by atoms with Crippen molar-refractivity contribution >= 4 is 5.96 Å². The number of furan rings is 1. The zero-order chi connectivity index (χ0) is 15.1. The number of guanidine groups is 1. The summed E-state index contributed by atoms with van der Waals surface area (Å²) in [5.74, 6) is 3.45. The maximum absolute atomic E-state index is 5.63. The van der Waals surface area contributed by atoms with Crippen LogP contribution in [0.15, 0.2) is 21.5 Å². The maximum atomic E-state index is 5.63. The molecule has 1 aromatic rings. The predicted octanol–water partition coefficient (Wildman–Crippen LogP) is 2.63. The lowest BCUT2D eigenvalue weighted by Gasteiger charge is -2.16. The van der Waals surface area contributed by atoms with Gasteiger partial charge in [-0.15, -0.1) is 0 Å². The summed E-state index contributed by atoms with van der Waals surface area (Å²) in [6.07, 6.45) is 2.65. The van der Waals surface area contributed by atoms with E-state index in [1.165, 1.54) is 12.8 Å². The van der Waals surface area contributed by atoms with E-state index in [-0.39, 0.29) is 6.04 Å². The Hall–Kier alpha value is -1.49. The fraction of sp³-hybridized carbons (Fsp3) is 0.688. The standard InChI is InChI=1S/C16H27N3O2/c1-4-17-16(18-9-10-20-11-14-6-7-14)19-13(3)15-8-5-12(2)21-15/h5,8,13-14H,4,6-7,9-11H2,1-3H3,(H2,17,18,19). The largest absolute Gasteiger partial charge is 0.464 e. The molecule has 1 heterocycles. The van der Waals surface area contributed by atoms with E-state index in [1.807, 2.05) is 19.1 Å². The smallest absolute Gasteiger partial charge is 0.191 e. The number of hydrogen-bond donors (Lipinski definition) is 2. The van der Waals surface area contributed by atoms with Crippen molar-refractivity contribution in [3.8, 4) is 0 Å². The third kappa shape index (κ3) is 5.79. The van der Waals surface area contributed by atoms with E-state index in [4.69, 9.17) is 9.15 Å². The molecule has 0 saturated heterocycles. The van der Waals surface area contributed by atoms with E-state index in [1.54, 1.807) is 0 Å². The van der Waals surface area contributed by atoms with Gasteiger partial charge in [0.15, 0.2) is 5.96 Å². The second-order valence-electron chi connectivity index (χ2n) is 5.59. The Morgan fingerprint density at radius 2 is 2.29 bits per heavy atom. The maximum Gasteiger partial charge on any atom is 0.191 e. The normalized spacial score (nSPS) is 16.8. The molecule has 118 valence electrons. The number of nitrogens with zero attached hydrogens (tertiary/aromatic N) is 1. The van der Waals surface area contributed by atoms with Gasteiger partial charge in [-0.2, -0.15) is 0 Å². The zero-order valence-corrected chi connectivity index (χ0v) is 13.3. The van der Waals surface area contributed by atoms with E-state index in [0.717, 1.165) is 36.5 Å². The summed E-state index contributed by atoms with van der Waals surface area (Å²) >= 11 is 0. The molecular formula is C16H27N3O2. The van der Waals surface area contributed by atoms with Crippen molar-refractivity contribution in [1.29, 1.82) is 0 Å². The van der Waals surface area contributed by atoms with Gasteiger partial charge in [0.1, 0.15) is 11.5 Å². The number of nitrogens with one attached hydrogen (secondary N) is 2. The molecule has 1 aromatic heterocycles. The van der Waals surface area contributed by atoms with Crippen LogP contribution < -0.4 is 10.6 Å². The van der Waals surface area contributed by atoms with E-state index >= 15 is 0 Å². The van der Waals surface area contributed by atoms with E-state index in [0.29, 0.717) is 13.2 Å². The number of ether oxygens (including phenoxy) is 1. The Morgan fingerprint density at radius 1 is 1.48 bits per heavy atom. The van der Waals surface area contributed by atoms with Crippen molar-refractivity contribution in [2.45, 2.75) is 39.7 Å². The van der Waals surface area contributed by atoms with Gasteiger partial charge in [-0.1, -0.05) is 0 Å². The lowest BCUT2D eigenvalue weighted by Crippen LogP contribution is -2.38. The first-order valence-electron chi connectivity index (χ1n) is 7.88. The molecule has 2 rings (SSSR count). The molecular weight excluding hydrogens is 266 g/mol. The quantitative estimate of drug-likeness (QED) is 0.439. The molecule has 1 fully saturated rings. The van der Waals surface area contributed by atoms with Crippen molar-refractivity contribution in [1.82, 2.24) is 10.6 Å². The molecule has 2 N–H and O–H groups in total. The van der Waals surface area contributed by atoms with Crippen LogP contribution in [0.3, 0.4) is 0 Å². The van der Waals surface area contributed by atoms with Crippen LogP contribution in [-0.4, -0.2) is 32.3 Å². The molecule has 5 heteroatoms. The van der Waals surface area contributed by atoms with Crippen LogP contribution in [0.1, 0.15) is 44.3 Å². The van der Waals surface area contributed by atoms with E-state index < -0.39 is 0 Å². The lowest BCUT2D eigenvalue weighted by molar-refractivity contribution is 0.131. The summed E-state index contributed by atoms with van der Waals surface area (Å²) < 4.78 is 11.2. The minimum atomic E-state index is 0.0869. The Kier molecular flexibility index (Phi) is 6.11. The highest BCUT2D eigenvalue weighted by Gasteiger charge is 2.20. The summed E-state index contributed by atoms with van der Waals surface area (Å²) in [6.45, 7) is 9.15. The molecule has 0 bridgehead atoms. The third-order valence-corrected chi connectivity index (χ3v) is 3.44. The molecule has 21 heavy (non-hydrogen) atoms. The number of rotatable bonds is 8. The first-order valence-corrected chi connectivity index (χ1v) is 7.88. The highest BCUT2D eigenvalue weighted by Crippen LogP contribution is 2.28. The zero-order valence-electron chi connectivity index (χ0n) is 13.3. The Bertz CT molecular complexity index is 452. The van der Waals surface area contributed by atoms with Crippen molar-refractivity contribution < 1.29 is 9.15 Å². The van der Waals surface area contributed by atoms with Gasteiger partial charge in [0.2, 0.25) is 0 Å². The molecule has 1 aliphatic carbocycles. The van der Waals surface area contributed by atoms with Gasteiger partial charge < -0.3 is 19.8 Å². The van der Waals surface area contributed by atoms with Crippen LogP contribution in [0.25, 0.3) is 0 Å². The first kappa shape index (κ1) is 15.9. The SMILES string of the molecule is CCNC(=NCCOCC1CC1)NC(C)c1ccc(C)o1. The molecule has 0 amide bonds. The van der Waals surface area contributed by atoms with E-state index in [9.17, 15) is 0 Å². The van der Waals surface area contributed by atoms with Gasteiger partial charge in [0.25, 0.3) is 0 Å². The predicted molar refractivity (Wildman–Crippen MR) is 84.5 cm³/mol. The van der Waals surface area contributed by atoms with Gasteiger partial charge in [0, 0.05) is 13.2 Å². The summed E-state index contributed by atoms with van der Waals surface area (Å²) in [5.41, 5.74) is 0. The van der Waals surface area contributed by atoms with E-state index in [2.05, 4.69) is 29.5 Å². The average molecular weight is 293 g/mol. The van der Waals surface area contributed by atoms with Crippen LogP contribution in [0.4, 0.5) is 0 Å². The minimum Gasteiger partial charge on any atom is -0.464 e. The van der Waals surface area contributed by atoms with Gasteiger partial charge >= 0.3 is 0 Å². The fourth-order valence-electron chi connectivity index (χ4n) is 2.04. The van der Waals surface area contributed by atoms with Crippen molar-refractivity contribution in [3.63, 3.8) is 0 Å². The van der Waals surface area contributed by atoms with Crippen molar-refractivity contribution in [3.05, 3.63) is 23.7 Å². The molecule has 0 spiro atoms. The summed E-state index contributed by atoms with van der Waals surface area (Å²) in [7, 11) is 0. The number of aliphatic imine (C=N–C) groups is 1. The third-order valence-electron chi connectivity index (χ3n) is 3.44. The highest BCUT2D eigenvalue weighted by molar-refractivity contribution is 5.80. The molecule has 1 unspecified atom stereocenters. The van der Waals surface area contributed by atoms with Gasteiger partial charge in [-0.05, 0) is 51.7 Å². The molecule has 1 atom stereocenters. The highest BCUT2D eigenvalue weighted by atomic mass is 16.5. The second kappa shape index (κ2) is 8.08. The lowest BCUT2D eigenvalue weighted by atomic mass is 10.2. The molecule has 0 aromatic carbocycles. The topological polar surface area (TPSA) is 58.8 Å². The van der Waals surface area contributed by atoms with Gasteiger partial charge in [-0.3, -0.25) is 4.99 Å². The van der Waals surface area contributed by atoms with Crippen LogP contribution in [0.5, 0.6) is 0 Å². The van der Waals surface area contributed by atoms with Crippen molar-refractivity contribution in [2.24, 2.45) is 10.9 Å². The second-order valence-corrected chi connectivity index (χ2v) is 5.59. The molecule has 0 aliphatic heterocycles. The average Bonchev–Trinajstić information content (AvgIpc) is 3.18. The Labute approximate surface area is 127 Å².